The lowest BCUT2D eigenvalue weighted by atomic mass is 9.43. The zero-order valence-corrected chi connectivity index (χ0v) is 37.9. The van der Waals surface area contributed by atoms with Crippen LogP contribution in [0, 0.1) is 30.6 Å². The van der Waals surface area contributed by atoms with Crippen molar-refractivity contribution < 1.29 is 0 Å². The van der Waals surface area contributed by atoms with E-state index in [1.807, 2.05) is 11.3 Å². The third-order valence-corrected chi connectivity index (χ3v) is 18.1. The first-order valence-corrected chi connectivity index (χ1v) is 25.0. The summed E-state index contributed by atoms with van der Waals surface area (Å²) in [7, 11) is 0. The molecule has 1 heterocycles. The van der Waals surface area contributed by atoms with Crippen molar-refractivity contribution in [1.82, 2.24) is 0 Å². The van der Waals surface area contributed by atoms with Crippen LogP contribution in [0.4, 0.5) is 34.1 Å². The van der Waals surface area contributed by atoms with Gasteiger partial charge in [0.15, 0.2) is 0 Å². The Kier molecular flexibility index (Phi) is 7.80. The fourth-order valence-corrected chi connectivity index (χ4v) is 15.8. The van der Waals surface area contributed by atoms with Gasteiger partial charge < -0.3 is 9.80 Å². The van der Waals surface area contributed by atoms with E-state index in [0.717, 1.165) is 17.5 Å². The van der Waals surface area contributed by atoms with Crippen LogP contribution in [-0.4, -0.2) is 0 Å². The maximum absolute atomic E-state index is 2.64. The lowest BCUT2D eigenvalue weighted by Crippen LogP contribution is -2.55. The Bertz CT molecular complexity index is 3740. The molecule has 0 saturated heterocycles. The molecule has 0 unspecified atom stereocenters. The second kappa shape index (κ2) is 13.8. The maximum Gasteiger partial charge on any atom is 0.0640 e. The molecule has 3 heteroatoms. The van der Waals surface area contributed by atoms with E-state index in [4.69, 9.17) is 0 Å². The van der Waals surface area contributed by atoms with Crippen molar-refractivity contribution in [3.05, 3.63) is 205 Å². The zero-order valence-electron chi connectivity index (χ0n) is 37.0. The van der Waals surface area contributed by atoms with Crippen molar-refractivity contribution in [2.24, 2.45) is 23.7 Å². The van der Waals surface area contributed by atoms with Crippen molar-refractivity contribution in [2.75, 3.05) is 9.80 Å². The van der Waals surface area contributed by atoms with E-state index in [1.54, 1.807) is 11.1 Å². The molecule has 0 N–H and O–H groups in total. The molecule has 16 rings (SSSR count). The molecule has 1 spiro atoms. The SMILES string of the molecule is Cc1ccccc1N(c1cccc2c1-c1ccccc1C21C2CC3CC(C2)CC1C3)c1ccc2ccc3c(N(c4ccccc4)c4cccc5c4sc4ccccc45)ccc4ccc1c2c43. The number of thiophene rings is 1. The molecule has 11 aromatic rings. The maximum atomic E-state index is 2.64. The summed E-state index contributed by atoms with van der Waals surface area (Å²) < 4.78 is 2.62. The monoisotopic (exact) mass is 864 g/mol. The van der Waals surface area contributed by atoms with Gasteiger partial charge in [-0.1, -0.05) is 140 Å². The standard InChI is InChI=1S/C63H48N2S/c1-38-13-5-9-21-53(38)65(56-22-12-20-52-61(56)48-17-6-8-19-51(48)63(52)43-34-39-33-40(36-43)37-44(63)35-39)55-32-28-42-25-29-49-54(31-27-41-26-30-50(55)60(42)59(41)49)64(45-14-3-2-4-15-45)57-23-11-18-47-46-16-7-10-24-58(46)66-62(47)57/h2-32,39-40,43-44H,33-37H2,1H3. The number of nitrogens with zero attached hydrogens (tertiary/aromatic N) is 2. The van der Waals surface area contributed by atoms with Gasteiger partial charge in [0.25, 0.3) is 0 Å². The van der Waals surface area contributed by atoms with Gasteiger partial charge in [0.05, 0.1) is 27.4 Å². The molecule has 0 radical (unpaired) electrons. The van der Waals surface area contributed by atoms with E-state index in [-0.39, 0.29) is 5.41 Å². The fourth-order valence-electron chi connectivity index (χ4n) is 14.6. The average Bonchev–Trinajstić information content (AvgIpc) is 3.89. The summed E-state index contributed by atoms with van der Waals surface area (Å²) in [5, 5.41) is 10.3. The zero-order chi connectivity index (χ0) is 43.3. The number of aryl methyl sites for hydroxylation is 1. The normalized spacial score (nSPS) is 21.5. The van der Waals surface area contributed by atoms with Crippen molar-refractivity contribution in [3.8, 4) is 11.1 Å². The summed E-state index contributed by atoms with van der Waals surface area (Å²) >= 11 is 1.89. The highest BCUT2D eigenvalue weighted by molar-refractivity contribution is 7.26. The topological polar surface area (TPSA) is 6.48 Å². The van der Waals surface area contributed by atoms with Gasteiger partial charge in [-0.3, -0.25) is 0 Å². The number of benzene rings is 10. The Hall–Kier alpha value is -6.94. The van der Waals surface area contributed by atoms with Crippen LogP contribution >= 0.6 is 11.3 Å². The van der Waals surface area contributed by atoms with E-state index in [9.17, 15) is 0 Å². The molecule has 4 saturated carbocycles. The lowest BCUT2D eigenvalue weighted by molar-refractivity contribution is -0.0399. The van der Waals surface area contributed by atoms with Gasteiger partial charge in [-0.25, -0.2) is 0 Å². The molecule has 0 atom stereocenters. The van der Waals surface area contributed by atoms with Gasteiger partial charge in [0.1, 0.15) is 0 Å². The summed E-state index contributed by atoms with van der Waals surface area (Å²) in [6.07, 6.45) is 6.98. The number of anilines is 6. The summed E-state index contributed by atoms with van der Waals surface area (Å²) in [4.78, 5) is 5.15. The number of hydrogen-bond donors (Lipinski definition) is 0. The van der Waals surface area contributed by atoms with Crippen LogP contribution in [0.2, 0.25) is 0 Å². The largest absolute Gasteiger partial charge is 0.309 e. The second-order valence-electron chi connectivity index (χ2n) is 20.1. The Balaban J connectivity index is 0.981. The van der Waals surface area contributed by atoms with E-state index in [1.165, 1.54) is 130 Å². The molecule has 0 aliphatic heterocycles. The van der Waals surface area contributed by atoms with Gasteiger partial charge in [0.2, 0.25) is 0 Å². The van der Waals surface area contributed by atoms with Gasteiger partial charge >= 0.3 is 0 Å². The molecular formula is C63H48N2S. The molecule has 2 nitrogen and oxygen atoms in total. The minimum absolute atomic E-state index is 0.0939. The summed E-state index contributed by atoms with van der Waals surface area (Å²) in [5.74, 6) is 3.23. The lowest BCUT2D eigenvalue weighted by Gasteiger charge is -2.61. The van der Waals surface area contributed by atoms with Crippen molar-refractivity contribution >= 4 is 98.0 Å². The van der Waals surface area contributed by atoms with Crippen LogP contribution in [-0.2, 0) is 5.41 Å². The summed E-state index contributed by atoms with van der Waals surface area (Å²) in [6.45, 7) is 2.29. The molecule has 5 aliphatic carbocycles. The second-order valence-corrected chi connectivity index (χ2v) is 21.1. The van der Waals surface area contributed by atoms with Crippen LogP contribution in [0.25, 0.3) is 63.6 Å². The molecule has 10 aromatic carbocycles. The molecule has 0 amide bonds. The van der Waals surface area contributed by atoms with Gasteiger partial charge in [-0.2, -0.15) is 0 Å². The molecule has 66 heavy (non-hydrogen) atoms. The smallest absolute Gasteiger partial charge is 0.0640 e. The highest BCUT2D eigenvalue weighted by Crippen LogP contribution is 2.70. The molecule has 4 bridgehead atoms. The van der Waals surface area contributed by atoms with Crippen molar-refractivity contribution in [1.29, 1.82) is 0 Å². The highest BCUT2D eigenvalue weighted by atomic mass is 32.1. The number of hydrogen-bond acceptors (Lipinski definition) is 3. The highest BCUT2D eigenvalue weighted by Gasteiger charge is 2.62. The van der Waals surface area contributed by atoms with E-state index >= 15 is 0 Å². The van der Waals surface area contributed by atoms with Crippen LogP contribution < -0.4 is 9.80 Å². The Morgan fingerprint density at radius 1 is 0.424 bits per heavy atom. The van der Waals surface area contributed by atoms with E-state index in [2.05, 4.69) is 205 Å². The molecular weight excluding hydrogens is 817 g/mol. The predicted molar refractivity (Wildman–Crippen MR) is 280 cm³/mol. The average molecular weight is 865 g/mol. The number of para-hydroxylation sites is 2. The minimum atomic E-state index is 0.0939. The molecule has 5 aliphatic rings. The van der Waals surface area contributed by atoms with Crippen molar-refractivity contribution in [2.45, 2.75) is 44.4 Å². The molecule has 1 aromatic heterocycles. The van der Waals surface area contributed by atoms with E-state index < -0.39 is 0 Å². The molecule has 316 valence electrons. The van der Waals surface area contributed by atoms with Gasteiger partial charge in [-0.15, -0.1) is 11.3 Å². The quantitative estimate of drug-likeness (QED) is 0.154. The third-order valence-electron chi connectivity index (χ3n) is 16.9. The van der Waals surface area contributed by atoms with Crippen molar-refractivity contribution in [3.63, 3.8) is 0 Å². The first-order valence-electron chi connectivity index (χ1n) is 24.2. The fraction of sp³-hybridized carbons (Fsp3) is 0.175. The Morgan fingerprint density at radius 2 is 1.00 bits per heavy atom. The molecule has 4 fully saturated rings. The third kappa shape index (κ3) is 4.96. The van der Waals surface area contributed by atoms with Gasteiger partial charge in [-0.05, 0) is 155 Å². The number of fused-ring (bicyclic) bond motifs is 6. The van der Waals surface area contributed by atoms with Crippen LogP contribution in [0.3, 0.4) is 0 Å². The van der Waals surface area contributed by atoms with Crippen LogP contribution in [0.5, 0.6) is 0 Å². The predicted octanol–water partition coefficient (Wildman–Crippen LogP) is 17.9. The number of rotatable bonds is 6. The minimum Gasteiger partial charge on any atom is -0.309 e. The first kappa shape index (κ1) is 37.3. The van der Waals surface area contributed by atoms with E-state index in [0.29, 0.717) is 11.8 Å². The summed E-state index contributed by atoms with van der Waals surface area (Å²) in [5.41, 5.74) is 14.8. The van der Waals surface area contributed by atoms with Crippen LogP contribution in [0.15, 0.2) is 188 Å². The van der Waals surface area contributed by atoms with Crippen LogP contribution in [0.1, 0.15) is 48.8 Å². The first-order chi connectivity index (χ1) is 32.6. The summed E-state index contributed by atoms with van der Waals surface area (Å²) in [6, 6.07) is 71.7. The Labute approximate surface area is 389 Å². The van der Waals surface area contributed by atoms with Gasteiger partial charge in [0, 0.05) is 48.6 Å². The Morgan fingerprint density at radius 3 is 1.76 bits per heavy atom.